The zero-order valence-corrected chi connectivity index (χ0v) is 14.4. The minimum atomic E-state index is -0.229. The van der Waals surface area contributed by atoms with Crippen molar-refractivity contribution in [1.82, 2.24) is 14.8 Å². The molecule has 0 spiro atoms. The molecule has 0 aliphatic heterocycles. The van der Waals surface area contributed by atoms with E-state index in [2.05, 4.69) is 31.3 Å². The lowest BCUT2D eigenvalue weighted by Crippen LogP contribution is -2.25. The molecule has 0 aromatic carbocycles. The molecule has 112 valence electrons. The number of aryl methyl sites for hydroxylation is 1. The maximum absolute atomic E-state index is 12.2. The molecule has 0 aliphatic rings. The molecule has 2 aromatic heterocycles. The Kier molecular flexibility index (Phi) is 5.00. The van der Waals surface area contributed by atoms with E-state index in [1.807, 2.05) is 25.5 Å². The highest BCUT2D eigenvalue weighted by molar-refractivity contribution is 9.10. The first-order valence-corrected chi connectivity index (χ1v) is 7.67. The second-order valence-corrected chi connectivity index (χ2v) is 6.15. The SMILES string of the molecule is Cc1nn(C[C@H](C)C(=O)Nc2ccc(Cl)cn2)c(C)c1Br. The first kappa shape index (κ1) is 16.0. The van der Waals surface area contributed by atoms with Crippen molar-refractivity contribution in [2.24, 2.45) is 5.92 Å². The summed E-state index contributed by atoms with van der Waals surface area (Å²) in [5, 5.41) is 7.71. The molecular weight excluding hydrogens is 356 g/mol. The van der Waals surface area contributed by atoms with Gasteiger partial charge in [0.1, 0.15) is 5.82 Å². The maximum Gasteiger partial charge on any atom is 0.230 e. The summed E-state index contributed by atoms with van der Waals surface area (Å²) in [6.07, 6.45) is 1.50. The standard InChI is InChI=1S/C14H16BrClN4O/c1-8(7-20-10(3)13(15)9(2)19-20)14(21)18-12-5-4-11(16)6-17-12/h4-6,8H,7H2,1-3H3,(H,17,18,21)/t8-/m0/s1. The molecule has 0 radical (unpaired) electrons. The summed E-state index contributed by atoms with van der Waals surface area (Å²) in [6.45, 7) is 6.26. The number of halogens is 2. The molecule has 2 heterocycles. The Morgan fingerprint density at radius 1 is 1.48 bits per heavy atom. The lowest BCUT2D eigenvalue weighted by molar-refractivity contribution is -0.119. The molecule has 7 heteroatoms. The minimum absolute atomic E-state index is 0.103. The molecule has 0 fully saturated rings. The molecule has 2 aromatic rings. The van der Waals surface area contributed by atoms with Gasteiger partial charge in [0, 0.05) is 11.9 Å². The number of hydrogen-bond acceptors (Lipinski definition) is 3. The van der Waals surface area contributed by atoms with Crippen LogP contribution in [-0.4, -0.2) is 20.7 Å². The van der Waals surface area contributed by atoms with Crippen LogP contribution in [0.5, 0.6) is 0 Å². The highest BCUT2D eigenvalue weighted by Gasteiger charge is 2.17. The van der Waals surface area contributed by atoms with Gasteiger partial charge in [0.25, 0.3) is 0 Å². The van der Waals surface area contributed by atoms with Crippen LogP contribution in [0.25, 0.3) is 0 Å². The first-order valence-electron chi connectivity index (χ1n) is 6.50. The molecule has 0 saturated carbocycles. The van der Waals surface area contributed by atoms with Gasteiger partial charge < -0.3 is 5.32 Å². The molecule has 0 aliphatic carbocycles. The van der Waals surface area contributed by atoms with Crippen LogP contribution in [0.2, 0.25) is 5.02 Å². The number of anilines is 1. The molecule has 0 bridgehead atoms. The molecule has 2 rings (SSSR count). The fourth-order valence-electron chi connectivity index (χ4n) is 1.89. The van der Waals surface area contributed by atoms with Crippen LogP contribution < -0.4 is 5.32 Å². The fraction of sp³-hybridized carbons (Fsp3) is 0.357. The third kappa shape index (κ3) is 3.83. The summed E-state index contributed by atoms with van der Waals surface area (Å²) < 4.78 is 2.81. The number of pyridine rings is 1. The Morgan fingerprint density at radius 2 is 2.19 bits per heavy atom. The van der Waals surface area contributed by atoms with Gasteiger partial charge in [0.15, 0.2) is 0 Å². The number of rotatable bonds is 4. The van der Waals surface area contributed by atoms with Gasteiger partial charge in [0.05, 0.1) is 27.7 Å². The molecular formula is C14H16BrClN4O. The highest BCUT2D eigenvalue weighted by Crippen LogP contribution is 2.21. The zero-order valence-electron chi connectivity index (χ0n) is 12.0. The van der Waals surface area contributed by atoms with E-state index in [0.29, 0.717) is 17.4 Å². The second kappa shape index (κ2) is 6.58. The van der Waals surface area contributed by atoms with E-state index in [9.17, 15) is 4.79 Å². The topological polar surface area (TPSA) is 59.8 Å². The van der Waals surface area contributed by atoms with Gasteiger partial charge in [-0.3, -0.25) is 9.48 Å². The summed E-state index contributed by atoms with van der Waals surface area (Å²) in [5.74, 6) is 0.159. The molecule has 1 atom stereocenters. The average Bonchev–Trinajstić information content (AvgIpc) is 2.69. The average molecular weight is 372 g/mol. The number of carbonyl (C=O) groups is 1. The van der Waals surface area contributed by atoms with Crippen LogP contribution in [0.15, 0.2) is 22.8 Å². The molecule has 0 unspecified atom stereocenters. The van der Waals surface area contributed by atoms with Crippen LogP contribution in [-0.2, 0) is 11.3 Å². The molecule has 1 amide bonds. The lowest BCUT2D eigenvalue weighted by Gasteiger charge is -2.13. The Bertz CT molecular complexity index is 654. The van der Waals surface area contributed by atoms with Gasteiger partial charge in [-0.25, -0.2) is 4.98 Å². The summed E-state index contributed by atoms with van der Waals surface area (Å²) >= 11 is 9.24. The van der Waals surface area contributed by atoms with Crippen molar-refractivity contribution in [3.05, 3.63) is 39.2 Å². The summed E-state index contributed by atoms with van der Waals surface area (Å²) in [7, 11) is 0. The number of carbonyl (C=O) groups excluding carboxylic acids is 1. The van der Waals surface area contributed by atoms with Crippen molar-refractivity contribution >= 4 is 39.3 Å². The van der Waals surface area contributed by atoms with Crippen molar-refractivity contribution in [3.8, 4) is 0 Å². The fourth-order valence-corrected chi connectivity index (χ4v) is 2.29. The first-order chi connectivity index (χ1) is 9.88. The van der Waals surface area contributed by atoms with Crippen molar-refractivity contribution in [1.29, 1.82) is 0 Å². The third-order valence-electron chi connectivity index (χ3n) is 3.17. The van der Waals surface area contributed by atoms with Crippen molar-refractivity contribution < 1.29 is 4.79 Å². The minimum Gasteiger partial charge on any atom is -0.310 e. The van der Waals surface area contributed by atoms with E-state index in [1.165, 1.54) is 6.20 Å². The third-order valence-corrected chi connectivity index (χ3v) is 4.54. The van der Waals surface area contributed by atoms with Crippen LogP contribution in [0.4, 0.5) is 5.82 Å². The Morgan fingerprint density at radius 3 is 2.71 bits per heavy atom. The molecule has 0 saturated heterocycles. The van der Waals surface area contributed by atoms with Crippen molar-refractivity contribution in [2.75, 3.05) is 5.32 Å². The van der Waals surface area contributed by atoms with Gasteiger partial charge in [0.2, 0.25) is 5.91 Å². The number of nitrogens with one attached hydrogen (secondary N) is 1. The van der Waals surface area contributed by atoms with E-state index >= 15 is 0 Å². The number of hydrogen-bond donors (Lipinski definition) is 1. The van der Waals surface area contributed by atoms with Crippen LogP contribution >= 0.6 is 27.5 Å². The van der Waals surface area contributed by atoms with Crippen molar-refractivity contribution in [3.63, 3.8) is 0 Å². The second-order valence-electron chi connectivity index (χ2n) is 4.92. The zero-order chi connectivity index (χ0) is 15.6. The maximum atomic E-state index is 12.2. The van der Waals surface area contributed by atoms with Gasteiger partial charge in [-0.05, 0) is 41.9 Å². The molecule has 21 heavy (non-hydrogen) atoms. The lowest BCUT2D eigenvalue weighted by atomic mass is 10.1. The largest absolute Gasteiger partial charge is 0.310 e. The normalized spacial score (nSPS) is 12.2. The smallest absolute Gasteiger partial charge is 0.230 e. The van der Waals surface area contributed by atoms with E-state index in [0.717, 1.165) is 15.9 Å². The number of nitrogens with zero attached hydrogens (tertiary/aromatic N) is 3. The predicted octanol–water partition coefficient (Wildman–Crippen LogP) is 3.59. The van der Waals surface area contributed by atoms with Crippen LogP contribution in [0.3, 0.4) is 0 Å². The molecule has 1 N–H and O–H groups in total. The Labute approximate surface area is 136 Å². The van der Waals surface area contributed by atoms with E-state index < -0.39 is 0 Å². The van der Waals surface area contributed by atoms with Gasteiger partial charge >= 0.3 is 0 Å². The Balaban J connectivity index is 2.02. The monoisotopic (exact) mass is 370 g/mol. The number of amides is 1. The summed E-state index contributed by atoms with van der Waals surface area (Å²) in [6, 6.07) is 3.36. The van der Waals surface area contributed by atoms with Gasteiger partial charge in [-0.1, -0.05) is 18.5 Å². The highest BCUT2D eigenvalue weighted by atomic mass is 79.9. The predicted molar refractivity (Wildman–Crippen MR) is 86.4 cm³/mol. The molecule has 5 nitrogen and oxygen atoms in total. The Hall–Kier alpha value is -1.40. The van der Waals surface area contributed by atoms with E-state index in [-0.39, 0.29) is 11.8 Å². The van der Waals surface area contributed by atoms with Gasteiger partial charge in [-0.2, -0.15) is 5.10 Å². The summed E-state index contributed by atoms with van der Waals surface area (Å²) in [5.41, 5.74) is 1.93. The number of aromatic nitrogens is 3. The quantitative estimate of drug-likeness (QED) is 0.893. The van der Waals surface area contributed by atoms with E-state index in [1.54, 1.807) is 12.1 Å². The van der Waals surface area contributed by atoms with Crippen molar-refractivity contribution in [2.45, 2.75) is 27.3 Å². The summed E-state index contributed by atoms with van der Waals surface area (Å²) in [4.78, 5) is 16.2. The van der Waals surface area contributed by atoms with Crippen LogP contribution in [0, 0.1) is 19.8 Å². The van der Waals surface area contributed by atoms with E-state index in [4.69, 9.17) is 11.6 Å². The van der Waals surface area contributed by atoms with Gasteiger partial charge in [-0.15, -0.1) is 0 Å². The van der Waals surface area contributed by atoms with Crippen LogP contribution in [0.1, 0.15) is 18.3 Å².